The van der Waals surface area contributed by atoms with Gasteiger partial charge in [-0.2, -0.15) is 0 Å². The van der Waals surface area contributed by atoms with Crippen LogP contribution in [0.3, 0.4) is 0 Å². The summed E-state index contributed by atoms with van der Waals surface area (Å²) in [6.07, 6.45) is 4.98. The molecule has 1 saturated heterocycles. The zero-order chi connectivity index (χ0) is 20.1. The highest BCUT2D eigenvalue weighted by Gasteiger charge is 2.26. The van der Waals surface area contributed by atoms with Crippen molar-refractivity contribution < 1.29 is 4.74 Å². The normalized spacial score (nSPS) is 19.9. The number of pyridine rings is 1. The summed E-state index contributed by atoms with van der Waals surface area (Å²) < 4.78 is 5.31. The first-order valence-corrected chi connectivity index (χ1v) is 10.8. The molecule has 0 saturated carbocycles. The van der Waals surface area contributed by atoms with Crippen LogP contribution in [-0.4, -0.2) is 55.1 Å². The lowest BCUT2D eigenvalue weighted by atomic mass is 9.87. The number of nitrogens with zero attached hydrogens (tertiary/aromatic N) is 3. The molecule has 4 rings (SSSR count). The zero-order valence-corrected chi connectivity index (χ0v) is 17.7. The molecule has 152 valence electrons. The molecule has 2 aromatic rings. The van der Waals surface area contributed by atoms with E-state index in [1.165, 1.54) is 43.5 Å². The molecule has 0 bridgehead atoms. The minimum atomic E-state index is 0.336. The molecule has 4 nitrogen and oxygen atoms in total. The fourth-order valence-electron chi connectivity index (χ4n) is 4.43. The van der Waals surface area contributed by atoms with Gasteiger partial charge in [-0.3, -0.25) is 4.90 Å². The summed E-state index contributed by atoms with van der Waals surface area (Å²) in [6.45, 7) is 5.43. The van der Waals surface area contributed by atoms with Gasteiger partial charge in [0.05, 0.1) is 12.8 Å². The highest BCUT2D eigenvalue weighted by Crippen LogP contribution is 2.33. The van der Waals surface area contributed by atoms with E-state index in [1.54, 1.807) is 7.11 Å². The van der Waals surface area contributed by atoms with E-state index >= 15 is 0 Å². The Balaban J connectivity index is 1.47. The molecule has 3 heterocycles. The highest BCUT2D eigenvalue weighted by atomic mass is 16.5. The Bertz CT molecular complexity index is 875. The van der Waals surface area contributed by atoms with Crippen LogP contribution in [0.25, 0.3) is 0 Å². The number of benzene rings is 1. The first-order chi connectivity index (χ1) is 14.2. The standard InChI is InChI=1S/C25H31N3O/c1-27-18-24(20-9-12-22(29-2)13-10-20)23-14-11-21(26-25(23)19-27)8-4-7-17-28-15-5-3-6-16-28/h9-14,24H,3,5-7,15-19H2,1-2H3. The van der Waals surface area contributed by atoms with Crippen molar-refractivity contribution in [3.8, 4) is 17.6 Å². The number of piperidine rings is 1. The Labute approximate surface area is 174 Å². The van der Waals surface area contributed by atoms with Crippen LogP contribution in [0, 0.1) is 11.8 Å². The molecule has 2 aliphatic heterocycles. The van der Waals surface area contributed by atoms with Gasteiger partial charge in [0, 0.05) is 32.0 Å². The van der Waals surface area contributed by atoms with Crippen molar-refractivity contribution in [2.75, 3.05) is 40.3 Å². The maximum atomic E-state index is 5.31. The maximum absolute atomic E-state index is 5.31. The van der Waals surface area contributed by atoms with Crippen molar-refractivity contribution in [2.24, 2.45) is 0 Å². The summed E-state index contributed by atoms with van der Waals surface area (Å²) in [6, 6.07) is 12.7. The fourth-order valence-corrected chi connectivity index (χ4v) is 4.43. The zero-order valence-electron chi connectivity index (χ0n) is 17.7. The third-order valence-corrected chi connectivity index (χ3v) is 6.04. The van der Waals surface area contributed by atoms with Crippen LogP contribution < -0.4 is 4.74 Å². The molecule has 1 aromatic carbocycles. The van der Waals surface area contributed by atoms with Crippen molar-refractivity contribution in [1.29, 1.82) is 0 Å². The Kier molecular flexibility index (Phi) is 6.49. The SMILES string of the molecule is COc1ccc(C2CN(C)Cc3nc(C#CCCN4CCCCC4)ccc32)cc1. The van der Waals surface area contributed by atoms with Gasteiger partial charge in [-0.05, 0) is 68.2 Å². The summed E-state index contributed by atoms with van der Waals surface area (Å²) in [5.41, 5.74) is 4.68. The van der Waals surface area contributed by atoms with Crippen LogP contribution in [0.2, 0.25) is 0 Å². The van der Waals surface area contributed by atoms with Crippen LogP contribution >= 0.6 is 0 Å². The second kappa shape index (κ2) is 9.43. The lowest BCUT2D eigenvalue weighted by Gasteiger charge is -2.32. The third-order valence-electron chi connectivity index (χ3n) is 6.04. The van der Waals surface area contributed by atoms with E-state index < -0.39 is 0 Å². The molecule has 1 fully saturated rings. The van der Waals surface area contributed by atoms with E-state index in [1.807, 2.05) is 12.1 Å². The van der Waals surface area contributed by atoms with Crippen LogP contribution in [0.4, 0.5) is 0 Å². The van der Waals surface area contributed by atoms with Crippen LogP contribution in [0.1, 0.15) is 54.1 Å². The molecule has 4 heteroatoms. The third kappa shape index (κ3) is 4.98. The second-order valence-electron chi connectivity index (χ2n) is 8.21. The molecule has 0 amide bonds. The minimum Gasteiger partial charge on any atom is -0.497 e. The number of fused-ring (bicyclic) bond motifs is 1. The van der Waals surface area contributed by atoms with Gasteiger partial charge in [-0.25, -0.2) is 4.98 Å². The quantitative estimate of drug-likeness (QED) is 0.742. The summed E-state index contributed by atoms with van der Waals surface area (Å²) in [5, 5.41) is 0. The Morgan fingerprint density at radius 2 is 1.86 bits per heavy atom. The highest BCUT2D eigenvalue weighted by molar-refractivity contribution is 5.42. The summed E-state index contributed by atoms with van der Waals surface area (Å²) in [7, 11) is 3.87. The van der Waals surface area contributed by atoms with Crippen LogP contribution in [0.5, 0.6) is 5.75 Å². The largest absolute Gasteiger partial charge is 0.497 e. The average molecular weight is 390 g/mol. The Morgan fingerprint density at radius 1 is 1.07 bits per heavy atom. The van der Waals surface area contributed by atoms with E-state index in [9.17, 15) is 0 Å². The van der Waals surface area contributed by atoms with Gasteiger partial charge in [0.25, 0.3) is 0 Å². The Hall–Kier alpha value is -2.35. The average Bonchev–Trinajstić information content (AvgIpc) is 2.77. The maximum Gasteiger partial charge on any atom is 0.118 e. The van der Waals surface area contributed by atoms with Gasteiger partial charge in [0.1, 0.15) is 11.4 Å². The fraction of sp³-hybridized carbons (Fsp3) is 0.480. The number of rotatable bonds is 4. The van der Waals surface area contributed by atoms with Gasteiger partial charge in [-0.1, -0.05) is 30.5 Å². The molecule has 0 radical (unpaired) electrons. The van der Waals surface area contributed by atoms with Gasteiger partial charge in [-0.15, -0.1) is 0 Å². The smallest absolute Gasteiger partial charge is 0.118 e. The van der Waals surface area contributed by atoms with Crippen LogP contribution in [0.15, 0.2) is 36.4 Å². The number of ether oxygens (including phenoxy) is 1. The van der Waals surface area contributed by atoms with E-state index in [-0.39, 0.29) is 0 Å². The summed E-state index contributed by atoms with van der Waals surface area (Å²) >= 11 is 0. The van der Waals surface area contributed by atoms with Gasteiger partial charge in [0.15, 0.2) is 0 Å². The number of aromatic nitrogens is 1. The molecule has 0 spiro atoms. The summed E-state index contributed by atoms with van der Waals surface area (Å²) in [5.74, 6) is 7.87. The lowest BCUT2D eigenvalue weighted by molar-refractivity contribution is 0.234. The van der Waals surface area contributed by atoms with Crippen LogP contribution in [-0.2, 0) is 6.54 Å². The number of hydrogen-bond donors (Lipinski definition) is 0. The van der Waals surface area contributed by atoms with E-state index in [4.69, 9.17) is 9.72 Å². The van der Waals surface area contributed by atoms with E-state index in [0.29, 0.717) is 5.92 Å². The van der Waals surface area contributed by atoms with Gasteiger partial charge >= 0.3 is 0 Å². The molecule has 1 atom stereocenters. The van der Waals surface area contributed by atoms with Crippen molar-refractivity contribution in [2.45, 2.75) is 38.1 Å². The predicted molar refractivity (Wildman–Crippen MR) is 117 cm³/mol. The minimum absolute atomic E-state index is 0.336. The van der Waals surface area contributed by atoms with Gasteiger partial charge in [0.2, 0.25) is 0 Å². The number of likely N-dealkylation sites (tertiary alicyclic amines) is 1. The number of likely N-dealkylation sites (N-methyl/N-ethyl adjacent to an activating group) is 1. The molecule has 2 aliphatic rings. The lowest BCUT2D eigenvalue weighted by Crippen LogP contribution is -2.31. The first kappa shape index (κ1) is 19.9. The van der Waals surface area contributed by atoms with Crippen molar-refractivity contribution in [3.05, 3.63) is 58.9 Å². The topological polar surface area (TPSA) is 28.6 Å². The first-order valence-electron chi connectivity index (χ1n) is 10.8. The monoisotopic (exact) mass is 389 g/mol. The summed E-state index contributed by atoms with van der Waals surface area (Å²) in [4.78, 5) is 9.78. The molecule has 0 N–H and O–H groups in total. The number of methoxy groups -OCH3 is 1. The van der Waals surface area contributed by atoms with Gasteiger partial charge < -0.3 is 9.64 Å². The molecular weight excluding hydrogens is 358 g/mol. The number of hydrogen-bond acceptors (Lipinski definition) is 4. The predicted octanol–water partition coefficient (Wildman–Crippen LogP) is 3.90. The second-order valence-corrected chi connectivity index (χ2v) is 8.21. The molecule has 0 aliphatic carbocycles. The molecule has 29 heavy (non-hydrogen) atoms. The van der Waals surface area contributed by atoms with Crippen molar-refractivity contribution >= 4 is 0 Å². The molecule has 1 unspecified atom stereocenters. The van der Waals surface area contributed by atoms with Crippen molar-refractivity contribution in [1.82, 2.24) is 14.8 Å². The Morgan fingerprint density at radius 3 is 2.62 bits per heavy atom. The molecular formula is C25H31N3O. The van der Waals surface area contributed by atoms with Crippen molar-refractivity contribution in [3.63, 3.8) is 0 Å². The molecule has 1 aromatic heterocycles. The van der Waals surface area contributed by atoms with E-state index in [2.05, 4.69) is 53.0 Å². The van der Waals surface area contributed by atoms with E-state index in [0.717, 1.165) is 43.2 Å².